The second kappa shape index (κ2) is 5.64. The van der Waals surface area contributed by atoms with E-state index in [-0.39, 0.29) is 5.41 Å². The average molecular weight is 355 g/mol. The molecule has 25 heavy (non-hydrogen) atoms. The van der Waals surface area contributed by atoms with Crippen molar-refractivity contribution >= 4 is 5.91 Å². The molecule has 0 saturated heterocycles. The van der Waals surface area contributed by atoms with Gasteiger partial charge >= 0.3 is 6.18 Å². The summed E-state index contributed by atoms with van der Waals surface area (Å²) in [5, 5.41) is 6.12. The Labute approximate surface area is 143 Å². The van der Waals surface area contributed by atoms with Gasteiger partial charge in [0.05, 0.1) is 11.6 Å². The predicted octanol–water partition coefficient (Wildman–Crippen LogP) is 3.78. The van der Waals surface area contributed by atoms with Gasteiger partial charge in [-0.05, 0) is 24.8 Å². The summed E-state index contributed by atoms with van der Waals surface area (Å²) in [6, 6.07) is 1.44. The van der Waals surface area contributed by atoms with Gasteiger partial charge in [0.2, 0.25) is 0 Å². The van der Waals surface area contributed by atoms with Crippen molar-refractivity contribution in [3.63, 3.8) is 0 Å². The molecule has 0 bridgehead atoms. The Hall–Kier alpha value is -2.25. The number of rotatable bonds is 2. The lowest BCUT2D eigenvalue weighted by Crippen LogP contribution is -2.36. The number of hydrogen-bond acceptors (Lipinski definition) is 3. The molecule has 0 aromatic carbocycles. The highest BCUT2D eigenvalue weighted by molar-refractivity contribution is 5.95. The molecule has 136 valence electrons. The van der Waals surface area contributed by atoms with Crippen molar-refractivity contribution in [3.8, 4) is 0 Å². The first-order valence-corrected chi connectivity index (χ1v) is 7.97. The first kappa shape index (κ1) is 17.6. The van der Waals surface area contributed by atoms with E-state index in [9.17, 15) is 18.0 Å². The van der Waals surface area contributed by atoms with Crippen LogP contribution in [-0.4, -0.2) is 15.7 Å². The summed E-state index contributed by atoms with van der Waals surface area (Å²) >= 11 is 0. The zero-order valence-electron chi connectivity index (χ0n) is 14.5. The quantitative estimate of drug-likeness (QED) is 0.892. The minimum Gasteiger partial charge on any atom is -0.466 e. The molecule has 1 unspecified atom stereocenters. The molecule has 1 amide bonds. The number of furan rings is 1. The fourth-order valence-corrected chi connectivity index (χ4v) is 3.41. The van der Waals surface area contributed by atoms with Crippen molar-refractivity contribution in [2.45, 2.75) is 45.8 Å². The largest absolute Gasteiger partial charge is 0.466 e. The van der Waals surface area contributed by atoms with Gasteiger partial charge in [-0.3, -0.25) is 9.48 Å². The molecular formula is C17H20F3N3O2. The standard InChI is InChI=1S/C17H20F3N3O2/c1-9-5-10-12(6-16(2,3)7-13(10)25-9)21-15(24)11-8-23(4)22-14(11)17(18,19)20/h5,8,12H,6-7H2,1-4H3,(H,21,24). The molecule has 2 aromatic heterocycles. The van der Waals surface area contributed by atoms with Crippen LogP contribution in [-0.2, 0) is 19.6 Å². The van der Waals surface area contributed by atoms with Gasteiger partial charge in [-0.15, -0.1) is 0 Å². The molecule has 1 aliphatic carbocycles. The van der Waals surface area contributed by atoms with Crippen LogP contribution in [0.5, 0.6) is 0 Å². The molecule has 0 saturated carbocycles. The normalized spacial score (nSPS) is 19.6. The highest BCUT2D eigenvalue weighted by Crippen LogP contribution is 2.42. The lowest BCUT2D eigenvalue weighted by Gasteiger charge is -2.34. The van der Waals surface area contributed by atoms with Gasteiger partial charge in [-0.1, -0.05) is 13.8 Å². The van der Waals surface area contributed by atoms with E-state index in [1.807, 2.05) is 26.8 Å². The molecule has 2 aromatic rings. The first-order chi connectivity index (χ1) is 11.5. The monoisotopic (exact) mass is 355 g/mol. The molecule has 0 radical (unpaired) electrons. The van der Waals surface area contributed by atoms with E-state index in [0.29, 0.717) is 6.42 Å². The van der Waals surface area contributed by atoms with Crippen molar-refractivity contribution in [3.05, 3.63) is 40.6 Å². The van der Waals surface area contributed by atoms with Crippen molar-refractivity contribution in [1.29, 1.82) is 0 Å². The fourth-order valence-electron chi connectivity index (χ4n) is 3.41. The number of fused-ring (bicyclic) bond motifs is 1. The summed E-state index contributed by atoms with van der Waals surface area (Å²) < 4.78 is 46.0. The van der Waals surface area contributed by atoms with Crippen LogP contribution in [0.3, 0.4) is 0 Å². The van der Waals surface area contributed by atoms with Gasteiger partial charge in [-0.2, -0.15) is 18.3 Å². The number of nitrogens with one attached hydrogen (secondary N) is 1. The van der Waals surface area contributed by atoms with Crippen LogP contribution in [0, 0.1) is 12.3 Å². The van der Waals surface area contributed by atoms with E-state index >= 15 is 0 Å². The Morgan fingerprint density at radius 3 is 2.76 bits per heavy atom. The third-order valence-electron chi connectivity index (χ3n) is 4.38. The van der Waals surface area contributed by atoms with E-state index in [1.54, 1.807) is 0 Å². The fraction of sp³-hybridized carbons (Fsp3) is 0.529. The summed E-state index contributed by atoms with van der Waals surface area (Å²) in [5.74, 6) is 0.716. The van der Waals surface area contributed by atoms with Gasteiger partial charge in [0, 0.05) is 25.2 Å². The first-order valence-electron chi connectivity index (χ1n) is 7.97. The number of amides is 1. The molecule has 8 heteroatoms. The Morgan fingerprint density at radius 1 is 1.44 bits per heavy atom. The maximum Gasteiger partial charge on any atom is 0.435 e. The van der Waals surface area contributed by atoms with E-state index in [1.165, 1.54) is 7.05 Å². The second-order valence-electron chi connectivity index (χ2n) is 7.37. The van der Waals surface area contributed by atoms with Crippen LogP contribution in [0.2, 0.25) is 0 Å². The van der Waals surface area contributed by atoms with Crippen molar-refractivity contribution < 1.29 is 22.4 Å². The molecule has 2 heterocycles. The number of halogens is 3. The Morgan fingerprint density at radius 2 is 2.12 bits per heavy atom. The lowest BCUT2D eigenvalue weighted by molar-refractivity contribution is -0.141. The van der Waals surface area contributed by atoms with Crippen LogP contribution in [0.25, 0.3) is 0 Å². The van der Waals surface area contributed by atoms with Crippen LogP contribution in [0.4, 0.5) is 13.2 Å². The molecule has 0 aliphatic heterocycles. The minimum absolute atomic E-state index is 0.128. The number of carbonyl (C=O) groups is 1. The topological polar surface area (TPSA) is 60.1 Å². The molecule has 3 rings (SSSR count). The van der Waals surface area contributed by atoms with Gasteiger partial charge in [0.25, 0.3) is 5.91 Å². The van der Waals surface area contributed by atoms with Gasteiger partial charge in [-0.25, -0.2) is 0 Å². The van der Waals surface area contributed by atoms with Crippen LogP contribution in [0.15, 0.2) is 16.7 Å². The van der Waals surface area contributed by atoms with E-state index < -0.39 is 29.4 Å². The molecule has 1 N–H and O–H groups in total. The summed E-state index contributed by atoms with van der Waals surface area (Å²) in [5.41, 5.74) is -0.939. The summed E-state index contributed by atoms with van der Waals surface area (Å²) in [4.78, 5) is 12.5. The third kappa shape index (κ3) is 3.43. The smallest absolute Gasteiger partial charge is 0.435 e. The van der Waals surface area contributed by atoms with Gasteiger partial charge in [0.15, 0.2) is 5.69 Å². The van der Waals surface area contributed by atoms with Gasteiger partial charge in [0.1, 0.15) is 11.5 Å². The summed E-state index contributed by atoms with van der Waals surface area (Å²) in [7, 11) is 1.35. The number of carbonyl (C=O) groups excluding carboxylic acids is 1. The Bertz CT molecular complexity index is 818. The van der Waals surface area contributed by atoms with E-state index in [4.69, 9.17) is 4.42 Å². The van der Waals surface area contributed by atoms with Crippen LogP contribution >= 0.6 is 0 Å². The number of hydrogen-bond donors (Lipinski definition) is 1. The average Bonchev–Trinajstić information content (AvgIpc) is 2.99. The lowest BCUT2D eigenvalue weighted by atomic mass is 9.74. The zero-order valence-corrected chi connectivity index (χ0v) is 14.5. The van der Waals surface area contributed by atoms with Crippen molar-refractivity contribution in [2.75, 3.05) is 0 Å². The number of nitrogens with zero attached hydrogens (tertiary/aromatic N) is 2. The van der Waals surface area contributed by atoms with E-state index in [2.05, 4.69) is 10.4 Å². The maximum absolute atomic E-state index is 13.1. The van der Waals surface area contributed by atoms with E-state index in [0.717, 1.165) is 34.4 Å². The highest BCUT2D eigenvalue weighted by Gasteiger charge is 2.40. The molecule has 1 aliphatic rings. The Balaban J connectivity index is 1.91. The van der Waals surface area contributed by atoms with Crippen LogP contribution < -0.4 is 5.32 Å². The second-order valence-corrected chi connectivity index (χ2v) is 7.37. The molecule has 5 nitrogen and oxygen atoms in total. The zero-order chi connectivity index (χ0) is 18.6. The highest BCUT2D eigenvalue weighted by atomic mass is 19.4. The number of aryl methyl sites for hydroxylation is 2. The SMILES string of the molecule is Cc1cc2c(o1)CC(C)(C)CC2NC(=O)c1cn(C)nc1C(F)(F)F. The van der Waals surface area contributed by atoms with Gasteiger partial charge < -0.3 is 9.73 Å². The van der Waals surface area contributed by atoms with Crippen LogP contribution in [0.1, 0.15) is 59.4 Å². The Kier molecular flexibility index (Phi) is 3.96. The summed E-state index contributed by atoms with van der Waals surface area (Å²) in [6.45, 7) is 5.89. The molecule has 1 atom stereocenters. The molecular weight excluding hydrogens is 335 g/mol. The summed E-state index contributed by atoms with van der Waals surface area (Å²) in [6.07, 6.45) is -2.25. The number of aromatic nitrogens is 2. The van der Waals surface area contributed by atoms with Crippen molar-refractivity contribution in [1.82, 2.24) is 15.1 Å². The minimum atomic E-state index is -4.68. The third-order valence-corrected chi connectivity index (χ3v) is 4.38. The predicted molar refractivity (Wildman–Crippen MR) is 84.0 cm³/mol. The number of alkyl halides is 3. The maximum atomic E-state index is 13.1. The van der Waals surface area contributed by atoms with Crippen molar-refractivity contribution in [2.24, 2.45) is 12.5 Å². The molecule has 0 spiro atoms. The molecule has 0 fully saturated rings.